The summed E-state index contributed by atoms with van der Waals surface area (Å²) in [7, 11) is 0. The molecule has 1 aliphatic heterocycles. The van der Waals surface area contributed by atoms with Gasteiger partial charge in [-0.15, -0.1) is 0 Å². The highest BCUT2D eigenvalue weighted by Crippen LogP contribution is 2.34. The number of benzene rings is 3. The molecule has 0 bridgehead atoms. The number of nitrogens with one attached hydrogen (secondary N) is 1. The number of rotatable bonds is 4. The summed E-state index contributed by atoms with van der Waals surface area (Å²) in [6, 6.07) is 20.9. The maximum atomic E-state index is 13.2. The van der Waals surface area contributed by atoms with E-state index in [1.807, 2.05) is 60.0 Å². The van der Waals surface area contributed by atoms with E-state index in [2.05, 4.69) is 10.3 Å². The summed E-state index contributed by atoms with van der Waals surface area (Å²) in [5.41, 5.74) is 5.49. The monoisotopic (exact) mass is 485 g/mol. The van der Waals surface area contributed by atoms with Crippen molar-refractivity contribution in [3.8, 4) is 17.1 Å². The topological polar surface area (TPSA) is 55.1 Å². The molecule has 6 rings (SSSR count). The van der Waals surface area contributed by atoms with Gasteiger partial charge >= 0.3 is 6.18 Å². The van der Waals surface area contributed by atoms with Crippen molar-refractivity contribution < 1.29 is 13.2 Å². The van der Waals surface area contributed by atoms with Gasteiger partial charge in [0, 0.05) is 11.9 Å². The number of alkyl halides is 3. The first-order chi connectivity index (χ1) is 17.4. The lowest BCUT2D eigenvalue weighted by atomic mass is 10.1. The van der Waals surface area contributed by atoms with Crippen LogP contribution in [0.3, 0.4) is 0 Å². The number of halogens is 3. The van der Waals surface area contributed by atoms with Crippen LogP contribution in [0.15, 0.2) is 84.0 Å². The van der Waals surface area contributed by atoms with E-state index in [-0.39, 0.29) is 6.04 Å². The fraction of sp³-hybridized carbons (Fsp3) is 0.179. The second-order valence-corrected chi connectivity index (χ2v) is 8.96. The van der Waals surface area contributed by atoms with E-state index in [0.717, 1.165) is 64.1 Å². The van der Waals surface area contributed by atoms with Crippen LogP contribution in [0, 0.1) is 6.92 Å². The van der Waals surface area contributed by atoms with Gasteiger partial charge in [0.1, 0.15) is 0 Å². The minimum atomic E-state index is -4.40. The van der Waals surface area contributed by atoms with Gasteiger partial charge in [-0.25, -0.2) is 4.98 Å². The van der Waals surface area contributed by atoms with Crippen LogP contribution >= 0.6 is 0 Å². The lowest BCUT2D eigenvalue weighted by Gasteiger charge is -2.21. The molecule has 2 heterocycles. The minimum absolute atomic E-state index is 0.269. The van der Waals surface area contributed by atoms with Gasteiger partial charge in [-0.1, -0.05) is 12.1 Å². The molecule has 1 aromatic heterocycles. The van der Waals surface area contributed by atoms with Crippen LogP contribution in [0.5, 0.6) is 0 Å². The van der Waals surface area contributed by atoms with Crippen molar-refractivity contribution in [2.24, 2.45) is 4.99 Å². The quantitative estimate of drug-likeness (QED) is 0.290. The molecule has 0 unspecified atom stereocenters. The Hall–Kier alpha value is -4.20. The Balaban J connectivity index is 1.60. The predicted molar refractivity (Wildman–Crippen MR) is 134 cm³/mol. The molecule has 2 aliphatic carbocycles. The summed E-state index contributed by atoms with van der Waals surface area (Å²) in [4.78, 5) is 14.2. The SMILES string of the molecule is Cc1ncccc1Nc1cc2nc3ccccc3n(-c3ccc(C(F)(F)F)cc3)c-2c/c1=N\C1CC1. The van der Waals surface area contributed by atoms with Gasteiger partial charge in [0.25, 0.3) is 0 Å². The summed E-state index contributed by atoms with van der Waals surface area (Å²) in [6.07, 6.45) is -0.569. The lowest BCUT2D eigenvalue weighted by Crippen LogP contribution is -2.16. The van der Waals surface area contributed by atoms with E-state index in [1.54, 1.807) is 6.20 Å². The van der Waals surface area contributed by atoms with E-state index in [4.69, 9.17) is 9.98 Å². The lowest BCUT2D eigenvalue weighted by molar-refractivity contribution is -0.137. The number of aryl methyl sites for hydroxylation is 1. The van der Waals surface area contributed by atoms with Gasteiger partial charge in [0.2, 0.25) is 0 Å². The van der Waals surface area contributed by atoms with Crippen LogP contribution in [0.2, 0.25) is 0 Å². The Labute approximate surface area is 205 Å². The average Bonchev–Trinajstić information content (AvgIpc) is 3.68. The minimum Gasteiger partial charge on any atom is -0.352 e. The molecule has 0 spiro atoms. The standard InChI is InChI=1S/C28H22F3N5/c1-17-21(6-4-14-32-17)34-23-15-25-27(16-24(23)33-19-10-11-19)36(26-7-3-2-5-22(26)35-25)20-12-8-18(9-13-20)28(29,30)31/h2-9,12-16,19,34H,10-11H2,1H3/b33-24+. The van der Waals surface area contributed by atoms with E-state index in [0.29, 0.717) is 11.4 Å². The number of pyridine rings is 1. The second-order valence-electron chi connectivity index (χ2n) is 8.96. The van der Waals surface area contributed by atoms with Gasteiger partial charge < -0.3 is 9.88 Å². The summed E-state index contributed by atoms with van der Waals surface area (Å²) in [5.74, 6) is 0. The molecule has 2 aromatic carbocycles. The number of para-hydroxylation sites is 2. The van der Waals surface area contributed by atoms with Crippen LogP contribution in [-0.4, -0.2) is 20.6 Å². The number of nitrogens with zero attached hydrogens (tertiary/aromatic N) is 4. The zero-order chi connectivity index (χ0) is 24.9. The van der Waals surface area contributed by atoms with Crippen LogP contribution < -0.4 is 10.7 Å². The van der Waals surface area contributed by atoms with Gasteiger partial charge in [-0.05, 0) is 80.4 Å². The Bertz CT molecular complexity index is 1620. The van der Waals surface area contributed by atoms with Gasteiger partial charge in [0.15, 0.2) is 0 Å². The third-order valence-electron chi connectivity index (χ3n) is 6.29. The molecular formula is C28H22F3N5. The van der Waals surface area contributed by atoms with Crippen molar-refractivity contribution >= 4 is 22.4 Å². The molecule has 3 aliphatic rings. The van der Waals surface area contributed by atoms with Crippen molar-refractivity contribution in [2.75, 3.05) is 5.32 Å². The van der Waals surface area contributed by atoms with Gasteiger partial charge in [0.05, 0.1) is 56.5 Å². The molecular weight excluding hydrogens is 463 g/mol. The zero-order valence-electron chi connectivity index (χ0n) is 19.4. The molecule has 1 N–H and O–H groups in total. The molecule has 0 saturated heterocycles. The first-order valence-electron chi connectivity index (χ1n) is 11.7. The molecule has 0 radical (unpaired) electrons. The summed E-state index contributed by atoms with van der Waals surface area (Å²) in [6.45, 7) is 1.94. The molecule has 8 heteroatoms. The zero-order valence-corrected chi connectivity index (χ0v) is 19.4. The van der Waals surface area contributed by atoms with Crippen molar-refractivity contribution in [2.45, 2.75) is 32.0 Å². The Morgan fingerprint density at radius 1 is 0.944 bits per heavy atom. The van der Waals surface area contributed by atoms with Crippen molar-refractivity contribution in [1.82, 2.24) is 14.5 Å². The molecule has 1 fully saturated rings. The molecule has 0 atom stereocenters. The van der Waals surface area contributed by atoms with Crippen LogP contribution in [0.1, 0.15) is 24.1 Å². The highest BCUT2D eigenvalue weighted by molar-refractivity contribution is 5.84. The predicted octanol–water partition coefficient (Wildman–Crippen LogP) is 6.66. The second kappa shape index (κ2) is 8.48. The van der Waals surface area contributed by atoms with E-state index < -0.39 is 11.7 Å². The Kier molecular flexibility index (Phi) is 5.25. The molecule has 1 saturated carbocycles. The largest absolute Gasteiger partial charge is 0.416 e. The number of hydrogen-bond donors (Lipinski definition) is 1. The van der Waals surface area contributed by atoms with Crippen molar-refractivity contribution in [3.05, 3.63) is 95.6 Å². The maximum absolute atomic E-state index is 13.2. The van der Waals surface area contributed by atoms with Crippen molar-refractivity contribution in [3.63, 3.8) is 0 Å². The maximum Gasteiger partial charge on any atom is 0.416 e. The highest BCUT2D eigenvalue weighted by atomic mass is 19.4. The smallest absolute Gasteiger partial charge is 0.352 e. The fourth-order valence-electron chi connectivity index (χ4n) is 4.29. The van der Waals surface area contributed by atoms with Gasteiger partial charge in [-0.2, -0.15) is 13.2 Å². The third-order valence-corrected chi connectivity index (χ3v) is 6.29. The van der Waals surface area contributed by atoms with Crippen LogP contribution in [0.4, 0.5) is 24.5 Å². The number of fused-ring (bicyclic) bond motifs is 2. The molecule has 180 valence electrons. The summed E-state index contributed by atoms with van der Waals surface area (Å²) in [5, 5.41) is 4.25. The normalized spacial score (nSPS) is 14.5. The van der Waals surface area contributed by atoms with Crippen LogP contribution in [0.25, 0.3) is 28.1 Å². The average molecular weight is 486 g/mol. The van der Waals surface area contributed by atoms with Gasteiger partial charge in [-0.3, -0.25) is 9.98 Å². The first kappa shape index (κ1) is 22.3. The number of hydrogen-bond acceptors (Lipinski definition) is 4. The van der Waals surface area contributed by atoms with Crippen molar-refractivity contribution in [1.29, 1.82) is 0 Å². The fourth-order valence-corrected chi connectivity index (χ4v) is 4.29. The molecule has 5 nitrogen and oxygen atoms in total. The van der Waals surface area contributed by atoms with E-state index in [9.17, 15) is 13.2 Å². The van der Waals surface area contributed by atoms with E-state index >= 15 is 0 Å². The Morgan fingerprint density at radius 3 is 2.44 bits per heavy atom. The third kappa shape index (κ3) is 4.19. The molecule has 3 aromatic rings. The molecule has 0 amide bonds. The summed E-state index contributed by atoms with van der Waals surface area (Å²) < 4.78 is 41.6. The summed E-state index contributed by atoms with van der Waals surface area (Å²) >= 11 is 0. The molecule has 36 heavy (non-hydrogen) atoms. The number of anilines is 2. The highest BCUT2D eigenvalue weighted by Gasteiger charge is 2.30. The first-order valence-corrected chi connectivity index (χ1v) is 11.7. The number of aromatic nitrogens is 3. The Morgan fingerprint density at radius 2 is 1.72 bits per heavy atom. The van der Waals surface area contributed by atoms with Crippen LogP contribution in [-0.2, 0) is 6.18 Å². The van der Waals surface area contributed by atoms with E-state index in [1.165, 1.54) is 12.1 Å².